The Kier molecular flexibility index (Phi) is 26.4. The third kappa shape index (κ3) is 21.3. The van der Waals surface area contributed by atoms with Crippen LogP contribution in [0, 0.1) is 11.8 Å². The Morgan fingerprint density at radius 3 is 1.55 bits per heavy atom. The van der Waals surface area contributed by atoms with Gasteiger partial charge in [0.15, 0.2) is 0 Å². The Hall–Kier alpha value is -5.50. The summed E-state index contributed by atoms with van der Waals surface area (Å²) in [5.74, 6) is -10.7. The van der Waals surface area contributed by atoms with Gasteiger partial charge in [0.25, 0.3) is 0 Å². The predicted molar refractivity (Wildman–Crippen MR) is 219 cm³/mol. The maximum absolute atomic E-state index is 13.7. The second kappa shape index (κ2) is 28.9. The summed E-state index contributed by atoms with van der Waals surface area (Å²) in [6.45, 7) is 6.69. The highest BCUT2D eigenvalue weighted by molar-refractivity contribution is 5.98. The van der Waals surface area contributed by atoms with Crippen molar-refractivity contribution in [2.75, 3.05) is 26.3 Å². The molecule has 0 saturated heterocycles. The van der Waals surface area contributed by atoms with Crippen molar-refractivity contribution in [1.82, 2.24) is 42.5 Å². The van der Waals surface area contributed by atoms with Gasteiger partial charge in [-0.2, -0.15) is 0 Å². The molecule has 18 N–H and O–H groups in total. The number of unbranched alkanes of at least 4 members (excludes halogenated alkanes) is 1. The van der Waals surface area contributed by atoms with Crippen LogP contribution >= 0.6 is 0 Å². The van der Waals surface area contributed by atoms with Gasteiger partial charge >= 0.3 is 5.97 Å². The zero-order valence-electron chi connectivity index (χ0n) is 36.0. The van der Waals surface area contributed by atoms with E-state index in [1.165, 1.54) is 13.8 Å². The van der Waals surface area contributed by atoms with Crippen LogP contribution in [0.15, 0.2) is 0 Å². The summed E-state index contributed by atoms with van der Waals surface area (Å²) in [5.41, 5.74) is 16.6. The lowest BCUT2D eigenvalue weighted by atomic mass is 9.99. The standard InChI is InChI=1S/C37H67N11O14/c1-17(2)13-23(34(59)43-22(10-11-26(40)52)33(58)45-24(15-49)32(57)41-14-27(53)54)44-36(61)28(18(3)4)47-30(55)19(5)42-35(60)25(16-50)46-37(62)29(20(6)51)48-31(56)21(39)9-7-8-12-38/h17-25,28-29,49-51H,7-16,38-39H2,1-6H3,(H2,40,52)(H,41,57)(H,42,60)(H,43,59)(H,44,61)(H,45,58)(H,46,62)(H,47,55)(H,48,56)(H,53,54)/t19-,20+,21-,22-,23-,24-,25-,28-,29-/m0/s1. The summed E-state index contributed by atoms with van der Waals surface area (Å²) in [5, 5.41) is 57.0. The number of nitrogens with two attached hydrogens (primary N) is 3. The van der Waals surface area contributed by atoms with E-state index in [0.717, 1.165) is 0 Å². The topological polar surface area (TPSA) is 426 Å². The van der Waals surface area contributed by atoms with Gasteiger partial charge in [0.05, 0.1) is 25.4 Å². The molecule has 0 saturated carbocycles. The van der Waals surface area contributed by atoms with E-state index in [-0.39, 0.29) is 25.2 Å². The highest BCUT2D eigenvalue weighted by Crippen LogP contribution is 2.10. The molecule has 25 heteroatoms. The summed E-state index contributed by atoms with van der Waals surface area (Å²) in [6.07, 6.45) is -0.838. The van der Waals surface area contributed by atoms with E-state index in [0.29, 0.717) is 19.4 Å². The molecular formula is C37H67N11O14. The lowest BCUT2D eigenvalue weighted by molar-refractivity contribution is -0.139. The number of carboxylic acid groups (broad SMARTS) is 1. The molecule has 0 bridgehead atoms. The van der Waals surface area contributed by atoms with Crippen molar-refractivity contribution >= 4 is 59.1 Å². The third-order valence-electron chi connectivity index (χ3n) is 9.07. The second-order valence-corrected chi connectivity index (χ2v) is 15.4. The maximum atomic E-state index is 13.7. The largest absolute Gasteiger partial charge is 0.480 e. The van der Waals surface area contributed by atoms with Crippen molar-refractivity contribution in [2.24, 2.45) is 29.0 Å². The minimum absolute atomic E-state index is 0.000719. The van der Waals surface area contributed by atoms with Gasteiger partial charge in [-0.25, -0.2) is 0 Å². The first kappa shape index (κ1) is 56.5. The first-order chi connectivity index (χ1) is 28.9. The first-order valence-electron chi connectivity index (χ1n) is 20.2. The molecule has 0 aromatic rings. The lowest BCUT2D eigenvalue weighted by Crippen LogP contribution is -2.62. The maximum Gasteiger partial charge on any atom is 0.322 e. The fourth-order valence-electron chi connectivity index (χ4n) is 5.50. The van der Waals surface area contributed by atoms with Gasteiger partial charge < -0.3 is 80.2 Å². The molecule has 0 aromatic heterocycles. The van der Waals surface area contributed by atoms with E-state index in [2.05, 4.69) is 37.2 Å². The molecule has 9 atom stereocenters. The Labute approximate surface area is 359 Å². The number of nitrogens with one attached hydrogen (secondary N) is 8. The van der Waals surface area contributed by atoms with Crippen molar-refractivity contribution in [2.45, 2.75) is 135 Å². The Balaban J connectivity index is 5.93. The Bertz CT molecular complexity index is 1550. The average molecular weight is 890 g/mol. The van der Waals surface area contributed by atoms with E-state index in [9.17, 15) is 63.3 Å². The number of hydrogen-bond donors (Lipinski definition) is 15. The van der Waals surface area contributed by atoms with Crippen molar-refractivity contribution in [3.63, 3.8) is 0 Å². The fourth-order valence-corrected chi connectivity index (χ4v) is 5.50. The molecule has 9 amide bonds. The van der Waals surface area contributed by atoms with Gasteiger partial charge in [-0.1, -0.05) is 34.1 Å². The van der Waals surface area contributed by atoms with E-state index in [1.807, 2.05) is 5.32 Å². The number of carbonyl (C=O) groups excluding carboxylic acids is 9. The van der Waals surface area contributed by atoms with Crippen LogP contribution in [0.5, 0.6) is 0 Å². The molecule has 354 valence electrons. The van der Waals surface area contributed by atoms with Gasteiger partial charge in [-0.3, -0.25) is 47.9 Å². The van der Waals surface area contributed by atoms with Crippen LogP contribution in [0.2, 0.25) is 0 Å². The summed E-state index contributed by atoms with van der Waals surface area (Å²) in [7, 11) is 0. The summed E-state index contributed by atoms with van der Waals surface area (Å²) >= 11 is 0. The Morgan fingerprint density at radius 1 is 0.565 bits per heavy atom. The fraction of sp³-hybridized carbons (Fsp3) is 0.730. The SMILES string of the molecule is CC(C)C[C@H](NC(=O)[C@@H](NC(=O)[C@H](C)NC(=O)[C@H](CO)NC(=O)[C@@H](NC(=O)[C@@H](N)CCCCN)[C@@H](C)O)C(C)C)C(=O)N[C@@H](CCC(N)=O)C(=O)N[C@@H](CO)C(=O)NCC(=O)O. The zero-order valence-corrected chi connectivity index (χ0v) is 36.0. The molecule has 62 heavy (non-hydrogen) atoms. The van der Waals surface area contributed by atoms with Gasteiger partial charge in [-0.15, -0.1) is 0 Å². The molecule has 0 aliphatic heterocycles. The van der Waals surface area contributed by atoms with Crippen LogP contribution in [0.25, 0.3) is 0 Å². The highest BCUT2D eigenvalue weighted by Gasteiger charge is 2.35. The van der Waals surface area contributed by atoms with E-state index in [4.69, 9.17) is 22.3 Å². The molecule has 0 radical (unpaired) electrons. The van der Waals surface area contributed by atoms with Gasteiger partial charge in [0, 0.05) is 6.42 Å². The van der Waals surface area contributed by atoms with Crippen LogP contribution in [0.3, 0.4) is 0 Å². The minimum Gasteiger partial charge on any atom is -0.480 e. The molecule has 0 heterocycles. The van der Waals surface area contributed by atoms with Gasteiger partial charge in [-0.05, 0) is 57.9 Å². The van der Waals surface area contributed by atoms with E-state index < -0.39 is 146 Å². The van der Waals surface area contributed by atoms with Crippen LogP contribution in [0.1, 0.15) is 80.1 Å². The van der Waals surface area contributed by atoms with Crippen molar-refractivity contribution in [1.29, 1.82) is 0 Å². The van der Waals surface area contributed by atoms with Gasteiger partial charge in [0.1, 0.15) is 48.8 Å². The summed E-state index contributed by atoms with van der Waals surface area (Å²) < 4.78 is 0. The molecule has 0 unspecified atom stereocenters. The molecule has 0 spiro atoms. The third-order valence-corrected chi connectivity index (χ3v) is 9.07. The molecular weight excluding hydrogens is 822 g/mol. The normalized spacial score (nSPS) is 15.5. The second-order valence-electron chi connectivity index (χ2n) is 15.4. The predicted octanol–water partition coefficient (Wildman–Crippen LogP) is -6.61. The monoisotopic (exact) mass is 889 g/mol. The molecule has 0 rings (SSSR count). The quantitative estimate of drug-likeness (QED) is 0.0298. The first-order valence-corrected chi connectivity index (χ1v) is 20.2. The number of aliphatic carboxylic acids is 1. The Morgan fingerprint density at radius 2 is 1.05 bits per heavy atom. The molecule has 0 aromatic carbocycles. The number of carbonyl (C=O) groups is 10. The van der Waals surface area contributed by atoms with Gasteiger partial charge in [0.2, 0.25) is 53.2 Å². The summed E-state index contributed by atoms with van der Waals surface area (Å²) in [6, 6.07) is -11.5. The number of aliphatic hydroxyl groups is 3. The zero-order chi connectivity index (χ0) is 47.9. The number of primary amides is 1. The lowest BCUT2D eigenvalue weighted by Gasteiger charge is -2.29. The van der Waals surface area contributed by atoms with Crippen LogP contribution < -0.4 is 59.7 Å². The van der Waals surface area contributed by atoms with Crippen LogP contribution in [0.4, 0.5) is 0 Å². The van der Waals surface area contributed by atoms with E-state index >= 15 is 0 Å². The molecule has 25 nitrogen and oxygen atoms in total. The average Bonchev–Trinajstić information content (AvgIpc) is 3.18. The molecule has 0 aliphatic rings. The number of amides is 9. The molecule has 0 aliphatic carbocycles. The van der Waals surface area contributed by atoms with Crippen LogP contribution in [-0.4, -0.2) is 160 Å². The number of hydrogen-bond acceptors (Lipinski definition) is 15. The number of rotatable bonds is 30. The van der Waals surface area contributed by atoms with Crippen molar-refractivity contribution in [3.8, 4) is 0 Å². The smallest absolute Gasteiger partial charge is 0.322 e. The molecule has 0 fully saturated rings. The van der Waals surface area contributed by atoms with E-state index in [1.54, 1.807) is 27.7 Å². The number of carboxylic acids is 1. The number of aliphatic hydroxyl groups excluding tert-OH is 3. The minimum atomic E-state index is -1.66. The van der Waals surface area contributed by atoms with Crippen LogP contribution in [-0.2, 0) is 47.9 Å². The van der Waals surface area contributed by atoms with Crippen molar-refractivity contribution < 1.29 is 68.4 Å². The van der Waals surface area contributed by atoms with Crippen molar-refractivity contribution in [3.05, 3.63) is 0 Å². The highest BCUT2D eigenvalue weighted by atomic mass is 16.4. The summed E-state index contributed by atoms with van der Waals surface area (Å²) in [4.78, 5) is 127.